The predicted octanol–water partition coefficient (Wildman–Crippen LogP) is 0.0825. The topological polar surface area (TPSA) is 60.9 Å². The van der Waals surface area contributed by atoms with Crippen LogP contribution in [0.25, 0.3) is 0 Å². The second-order valence-electron chi connectivity index (χ2n) is 5.02. The minimum atomic E-state index is -0.260. The molecule has 2 amide bonds. The molecule has 0 aromatic heterocycles. The van der Waals surface area contributed by atoms with Crippen LogP contribution in [-0.4, -0.2) is 59.0 Å². The summed E-state index contributed by atoms with van der Waals surface area (Å²) < 4.78 is 0. The predicted molar refractivity (Wildman–Crippen MR) is 64.3 cm³/mol. The molecule has 98 valence electrons. The molecule has 1 N–H and O–H groups in total. The number of aliphatic hydroxyl groups is 1. The highest BCUT2D eigenvalue weighted by Crippen LogP contribution is 2.22. The summed E-state index contributed by atoms with van der Waals surface area (Å²) in [6.07, 6.45) is 0.291. The second kappa shape index (κ2) is 5.49. The summed E-state index contributed by atoms with van der Waals surface area (Å²) in [7, 11) is 1.67. The second-order valence-corrected chi connectivity index (χ2v) is 5.02. The molecule has 2 atom stereocenters. The highest BCUT2D eigenvalue weighted by Gasteiger charge is 2.37. The number of aliphatic hydroxyl groups excluding tert-OH is 1. The standard InChI is InChI=1S/C12H22N2O3/c1-8(2)14-6-10(5-11(14)16)12(17)13(4)9(3)7-15/h8-10,15H,5-7H2,1-4H3. The van der Waals surface area contributed by atoms with Gasteiger partial charge in [0.2, 0.25) is 11.8 Å². The monoisotopic (exact) mass is 242 g/mol. The number of likely N-dealkylation sites (tertiary alicyclic amines) is 1. The lowest BCUT2D eigenvalue weighted by Gasteiger charge is -2.26. The van der Waals surface area contributed by atoms with Crippen molar-refractivity contribution in [3.05, 3.63) is 0 Å². The van der Waals surface area contributed by atoms with E-state index in [1.165, 1.54) is 4.90 Å². The Balaban J connectivity index is 2.64. The van der Waals surface area contributed by atoms with Crippen LogP contribution in [0.3, 0.4) is 0 Å². The lowest BCUT2D eigenvalue weighted by Crippen LogP contribution is -2.42. The van der Waals surface area contributed by atoms with E-state index in [1.807, 2.05) is 13.8 Å². The molecular formula is C12H22N2O3. The maximum Gasteiger partial charge on any atom is 0.228 e. The van der Waals surface area contributed by atoms with E-state index in [-0.39, 0.29) is 36.4 Å². The van der Waals surface area contributed by atoms with Crippen molar-refractivity contribution >= 4 is 11.8 Å². The van der Waals surface area contributed by atoms with Gasteiger partial charge in [0.15, 0.2) is 0 Å². The van der Waals surface area contributed by atoms with Gasteiger partial charge in [-0.1, -0.05) is 0 Å². The summed E-state index contributed by atoms with van der Waals surface area (Å²) in [4.78, 5) is 27.1. The van der Waals surface area contributed by atoms with Crippen molar-refractivity contribution in [3.8, 4) is 0 Å². The third kappa shape index (κ3) is 2.97. The Bertz CT molecular complexity index is 304. The van der Waals surface area contributed by atoms with Crippen molar-refractivity contribution in [2.45, 2.75) is 39.3 Å². The summed E-state index contributed by atoms with van der Waals surface area (Å²) in [6.45, 7) is 6.12. The van der Waals surface area contributed by atoms with Gasteiger partial charge >= 0.3 is 0 Å². The molecule has 1 aliphatic heterocycles. The summed E-state index contributed by atoms with van der Waals surface area (Å²) >= 11 is 0. The number of likely N-dealkylation sites (N-methyl/N-ethyl adjacent to an activating group) is 1. The lowest BCUT2D eigenvalue weighted by molar-refractivity contribution is -0.137. The van der Waals surface area contributed by atoms with Gasteiger partial charge in [0.25, 0.3) is 0 Å². The molecule has 1 aliphatic rings. The molecule has 5 nitrogen and oxygen atoms in total. The molecule has 0 aromatic rings. The van der Waals surface area contributed by atoms with Gasteiger partial charge in [-0.15, -0.1) is 0 Å². The SMILES string of the molecule is CC(CO)N(C)C(=O)C1CC(=O)N(C(C)C)C1. The van der Waals surface area contributed by atoms with Gasteiger partial charge in [-0.25, -0.2) is 0 Å². The number of carbonyl (C=O) groups is 2. The maximum atomic E-state index is 12.1. The Labute approximate surface area is 102 Å². The zero-order valence-electron chi connectivity index (χ0n) is 11.0. The summed E-state index contributed by atoms with van der Waals surface area (Å²) in [6, 6.07) is -0.0634. The van der Waals surface area contributed by atoms with E-state index in [4.69, 9.17) is 5.11 Å². The van der Waals surface area contributed by atoms with Crippen LogP contribution in [0, 0.1) is 5.92 Å². The van der Waals surface area contributed by atoms with Crippen molar-refractivity contribution in [1.29, 1.82) is 0 Å². The Kier molecular flexibility index (Phi) is 4.51. The van der Waals surface area contributed by atoms with E-state index >= 15 is 0 Å². The van der Waals surface area contributed by atoms with Gasteiger partial charge in [-0.2, -0.15) is 0 Å². The van der Waals surface area contributed by atoms with Crippen LogP contribution in [-0.2, 0) is 9.59 Å². The number of hydrogen-bond donors (Lipinski definition) is 1. The zero-order chi connectivity index (χ0) is 13.2. The van der Waals surface area contributed by atoms with Gasteiger partial charge in [0.1, 0.15) is 0 Å². The molecule has 0 bridgehead atoms. The number of rotatable bonds is 4. The van der Waals surface area contributed by atoms with Crippen molar-refractivity contribution in [3.63, 3.8) is 0 Å². The molecule has 17 heavy (non-hydrogen) atoms. The molecule has 1 fully saturated rings. The van der Waals surface area contributed by atoms with Crippen LogP contribution in [0.2, 0.25) is 0 Å². The first-order valence-corrected chi connectivity index (χ1v) is 6.05. The Morgan fingerprint density at radius 2 is 2.12 bits per heavy atom. The molecule has 1 heterocycles. The highest BCUT2D eigenvalue weighted by atomic mass is 16.3. The first-order valence-electron chi connectivity index (χ1n) is 6.05. The van der Waals surface area contributed by atoms with Crippen molar-refractivity contribution in [1.82, 2.24) is 9.80 Å². The summed E-state index contributed by atoms with van der Waals surface area (Å²) in [5, 5.41) is 9.02. The molecule has 0 aromatic carbocycles. The van der Waals surface area contributed by atoms with E-state index < -0.39 is 0 Å². The van der Waals surface area contributed by atoms with Crippen molar-refractivity contribution < 1.29 is 14.7 Å². The molecule has 0 saturated carbocycles. The lowest BCUT2D eigenvalue weighted by atomic mass is 10.1. The number of amides is 2. The Morgan fingerprint density at radius 3 is 2.53 bits per heavy atom. The van der Waals surface area contributed by atoms with Gasteiger partial charge in [0, 0.05) is 26.1 Å². The van der Waals surface area contributed by atoms with E-state index in [2.05, 4.69) is 0 Å². The smallest absolute Gasteiger partial charge is 0.228 e. The average molecular weight is 242 g/mol. The van der Waals surface area contributed by atoms with Crippen LogP contribution in [0.1, 0.15) is 27.2 Å². The van der Waals surface area contributed by atoms with Crippen LogP contribution in [0.4, 0.5) is 0 Å². The molecule has 0 aliphatic carbocycles. The van der Waals surface area contributed by atoms with Gasteiger partial charge < -0.3 is 14.9 Å². The number of hydrogen-bond acceptors (Lipinski definition) is 3. The quantitative estimate of drug-likeness (QED) is 0.759. The van der Waals surface area contributed by atoms with E-state index in [0.29, 0.717) is 13.0 Å². The van der Waals surface area contributed by atoms with E-state index in [1.54, 1.807) is 18.9 Å². The first kappa shape index (κ1) is 14.0. The fourth-order valence-electron chi connectivity index (χ4n) is 2.02. The number of nitrogens with zero attached hydrogens (tertiary/aromatic N) is 2. The third-order valence-electron chi connectivity index (χ3n) is 3.40. The Morgan fingerprint density at radius 1 is 1.53 bits per heavy atom. The molecule has 0 spiro atoms. The molecule has 1 saturated heterocycles. The zero-order valence-corrected chi connectivity index (χ0v) is 11.0. The summed E-state index contributed by atoms with van der Waals surface area (Å²) in [5.74, 6) is -0.268. The van der Waals surface area contributed by atoms with E-state index in [0.717, 1.165) is 0 Å². The maximum absolute atomic E-state index is 12.1. The molecule has 0 radical (unpaired) electrons. The minimum Gasteiger partial charge on any atom is -0.394 e. The van der Waals surface area contributed by atoms with Crippen LogP contribution >= 0.6 is 0 Å². The fourth-order valence-corrected chi connectivity index (χ4v) is 2.02. The first-order chi connectivity index (χ1) is 7.88. The van der Waals surface area contributed by atoms with E-state index in [9.17, 15) is 9.59 Å². The molecule has 5 heteroatoms. The largest absolute Gasteiger partial charge is 0.394 e. The number of carbonyl (C=O) groups excluding carboxylic acids is 2. The molecular weight excluding hydrogens is 220 g/mol. The molecule has 2 unspecified atom stereocenters. The van der Waals surface area contributed by atoms with Gasteiger partial charge in [-0.05, 0) is 20.8 Å². The highest BCUT2D eigenvalue weighted by molar-refractivity contribution is 5.89. The fraction of sp³-hybridized carbons (Fsp3) is 0.833. The average Bonchev–Trinajstić information content (AvgIpc) is 2.68. The van der Waals surface area contributed by atoms with Crippen molar-refractivity contribution in [2.75, 3.05) is 20.2 Å². The van der Waals surface area contributed by atoms with Crippen LogP contribution in [0.15, 0.2) is 0 Å². The van der Waals surface area contributed by atoms with Crippen LogP contribution in [0.5, 0.6) is 0 Å². The molecule has 1 rings (SSSR count). The minimum absolute atomic E-state index is 0.0448. The van der Waals surface area contributed by atoms with Crippen LogP contribution < -0.4 is 0 Å². The Hall–Kier alpha value is -1.10. The normalized spacial score (nSPS) is 22.1. The van der Waals surface area contributed by atoms with Gasteiger partial charge in [-0.3, -0.25) is 9.59 Å². The van der Waals surface area contributed by atoms with Crippen molar-refractivity contribution in [2.24, 2.45) is 5.92 Å². The summed E-state index contributed by atoms with van der Waals surface area (Å²) in [5.41, 5.74) is 0. The third-order valence-corrected chi connectivity index (χ3v) is 3.40. The van der Waals surface area contributed by atoms with Gasteiger partial charge in [0.05, 0.1) is 18.6 Å².